The lowest BCUT2D eigenvalue weighted by molar-refractivity contribution is 0.120. The molecule has 2 aliphatic heterocycles. The van der Waals surface area contributed by atoms with Crippen molar-refractivity contribution >= 4 is 5.96 Å². The molecule has 2 fully saturated rings. The third-order valence-electron chi connectivity index (χ3n) is 5.64. The molecule has 0 aromatic heterocycles. The van der Waals surface area contributed by atoms with Gasteiger partial charge in [0.2, 0.25) is 0 Å². The van der Waals surface area contributed by atoms with E-state index in [4.69, 9.17) is 9.47 Å². The number of rotatable bonds is 9. The molecule has 0 amide bonds. The number of guanidine groups is 1. The molecule has 2 heterocycles. The molecule has 26 heavy (non-hydrogen) atoms. The topological polar surface area (TPSA) is 61.4 Å². The quantitative estimate of drug-likeness (QED) is 0.459. The lowest BCUT2D eigenvalue weighted by Gasteiger charge is -2.34. The third kappa shape index (κ3) is 7.78. The van der Waals surface area contributed by atoms with Gasteiger partial charge in [0.05, 0.1) is 13.2 Å². The van der Waals surface area contributed by atoms with E-state index < -0.39 is 0 Å². The SMILES string of the molecule is CN=C(NCC1CCN(CCOC)CC1)NC1CCN(CCOC)CC1. The number of nitrogens with zero attached hydrogens (tertiary/aromatic N) is 3. The Hall–Kier alpha value is -0.890. The summed E-state index contributed by atoms with van der Waals surface area (Å²) >= 11 is 0. The van der Waals surface area contributed by atoms with Crippen LogP contribution in [-0.4, -0.2) is 102 Å². The molecular formula is C19H39N5O2. The van der Waals surface area contributed by atoms with E-state index in [-0.39, 0.29) is 0 Å². The molecule has 0 unspecified atom stereocenters. The molecule has 0 spiro atoms. The summed E-state index contributed by atoms with van der Waals surface area (Å²) in [5.74, 6) is 1.70. The van der Waals surface area contributed by atoms with Gasteiger partial charge < -0.3 is 29.9 Å². The predicted octanol–water partition coefficient (Wildman–Crippen LogP) is 0.621. The Labute approximate surface area is 159 Å². The summed E-state index contributed by atoms with van der Waals surface area (Å²) in [6, 6.07) is 0.524. The van der Waals surface area contributed by atoms with Crippen molar-refractivity contribution in [2.24, 2.45) is 10.9 Å². The van der Waals surface area contributed by atoms with Crippen LogP contribution in [0, 0.1) is 5.92 Å². The molecule has 0 aromatic rings. The minimum Gasteiger partial charge on any atom is -0.383 e. The average molecular weight is 370 g/mol. The van der Waals surface area contributed by atoms with Crippen molar-refractivity contribution in [2.75, 3.05) is 80.3 Å². The minimum atomic E-state index is 0.524. The van der Waals surface area contributed by atoms with Gasteiger partial charge in [0.15, 0.2) is 5.96 Å². The summed E-state index contributed by atoms with van der Waals surface area (Å²) in [6.07, 6.45) is 4.85. The Morgan fingerprint density at radius 1 is 0.923 bits per heavy atom. The van der Waals surface area contributed by atoms with Crippen LogP contribution in [0.3, 0.4) is 0 Å². The van der Waals surface area contributed by atoms with Crippen LogP contribution in [0.2, 0.25) is 0 Å². The number of nitrogens with one attached hydrogen (secondary N) is 2. The summed E-state index contributed by atoms with van der Waals surface area (Å²) in [5, 5.41) is 7.16. The summed E-state index contributed by atoms with van der Waals surface area (Å²) in [7, 11) is 5.42. The Balaban J connectivity index is 1.60. The Morgan fingerprint density at radius 2 is 1.46 bits per heavy atom. The molecule has 0 aliphatic carbocycles. The van der Waals surface area contributed by atoms with E-state index >= 15 is 0 Å². The van der Waals surface area contributed by atoms with Gasteiger partial charge in [0, 0.05) is 60.0 Å². The van der Waals surface area contributed by atoms with E-state index in [1.807, 2.05) is 7.05 Å². The van der Waals surface area contributed by atoms with E-state index in [2.05, 4.69) is 25.4 Å². The molecule has 7 heteroatoms. The van der Waals surface area contributed by atoms with Crippen molar-refractivity contribution in [3.8, 4) is 0 Å². The summed E-state index contributed by atoms with van der Waals surface area (Å²) in [4.78, 5) is 9.41. The number of hydrogen-bond acceptors (Lipinski definition) is 5. The first kappa shape index (κ1) is 21.4. The van der Waals surface area contributed by atoms with Crippen molar-refractivity contribution in [3.05, 3.63) is 0 Å². The zero-order chi connectivity index (χ0) is 18.6. The van der Waals surface area contributed by atoms with Crippen molar-refractivity contribution in [3.63, 3.8) is 0 Å². The largest absolute Gasteiger partial charge is 0.383 e. The summed E-state index contributed by atoms with van der Waals surface area (Å²) < 4.78 is 10.3. The monoisotopic (exact) mass is 369 g/mol. The number of likely N-dealkylation sites (tertiary alicyclic amines) is 2. The zero-order valence-corrected chi connectivity index (χ0v) is 17.0. The second kappa shape index (κ2) is 12.5. The molecule has 2 N–H and O–H groups in total. The smallest absolute Gasteiger partial charge is 0.191 e. The molecule has 2 rings (SSSR count). The first-order valence-electron chi connectivity index (χ1n) is 10.1. The fourth-order valence-corrected chi connectivity index (χ4v) is 3.78. The zero-order valence-electron chi connectivity index (χ0n) is 17.0. The highest BCUT2D eigenvalue weighted by molar-refractivity contribution is 5.79. The van der Waals surface area contributed by atoms with Gasteiger partial charge in [0.25, 0.3) is 0 Å². The van der Waals surface area contributed by atoms with Gasteiger partial charge >= 0.3 is 0 Å². The lowest BCUT2D eigenvalue weighted by atomic mass is 9.97. The number of ether oxygens (including phenoxy) is 2. The number of piperidine rings is 2. The Morgan fingerprint density at radius 3 is 1.96 bits per heavy atom. The van der Waals surface area contributed by atoms with Crippen LogP contribution in [-0.2, 0) is 9.47 Å². The van der Waals surface area contributed by atoms with Gasteiger partial charge in [0.1, 0.15) is 0 Å². The fourth-order valence-electron chi connectivity index (χ4n) is 3.78. The highest BCUT2D eigenvalue weighted by atomic mass is 16.5. The average Bonchev–Trinajstić information content (AvgIpc) is 2.69. The van der Waals surface area contributed by atoms with Gasteiger partial charge in [-0.1, -0.05) is 0 Å². The molecule has 0 atom stereocenters. The van der Waals surface area contributed by atoms with Crippen LogP contribution in [0.5, 0.6) is 0 Å². The van der Waals surface area contributed by atoms with E-state index in [0.29, 0.717) is 6.04 Å². The van der Waals surface area contributed by atoms with Gasteiger partial charge in [-0.25, -0.2) is 0 Å². The van der Waals surface area contributed by atoms with Gasteiger partial charge in [-0.05, 0) is 44.7 Å². The van der Waals surface area contributed by atoms with E-state index in [1.165, 1.54) is 38.8 Å². The molecule has 152 valence electrons. The highest BCUT2D eigenvalue weighted by Crippen LogP contribution is 2.16. The first-order valence-corrected chi connectivity index (χ1v) is 10.1. The van der Waals surface area contributed by atoms with E-state index in [1.54, 1.807) is 14.2 Å². The second-order valence-electron chi connectivity index (χ2n) is 7.48. The van der Waals surface area contributed by atoms with Gasteiger partial charge in [-0.15, -0.1) is 0 Å². The Kier molecular flexibility index (Phi) is 10.3. The van der Waals surface area contributed by atoms with Crippen molar-refractivity contribution in [1.82, 2.24) is 20.4 Å². The van der Waals surface area contributed by atoms with Crippen molar-refractivity contribution < 1.29 is 9.47 Å². The van der Waals surface area contributed by atoms with Gasteiger partial charge in [-0.3, -0.25) is 4.99 Å². The molecule has 2 aliphatic rings. The number of hydrogen-bond donors (Lipinski definition) is 2. The summed E-state index contributed by atoms with van der Waals surface area (Å²) in [5.41, 5.74) is 0. The predicted molar refractivity (Wildman–Crippen MR) is 107 cm³/mol. The first-order chi connectivity index (χ1) is 12.7. The fraction of sp³-hybridized carbons (Fsp3) is 0.947. The number of methoxy groups -OCH3 is 2. The maximum absolute atomic E-state index is 5.18. The van der Waals surface area contributed by atoms with E-state index in [9.17, 15) is 0 Å². The molecular weight excluding hydrogens is 330 g/mol. The molecule has 0 aromatic carbocycles. The second-order valence-corrected chi connectivity index (χ2v) is 7.48. The molecule has 0 radical (unpaired) electrons. The van der Waals surface area contributed by atoms with Crippen LogP contribution >= 0.6 is 0 Å². The van der Waals surface area contributed by atoms with Crippen molar-refractivity contribution in [2.45, 2.75) is 31.7 Å². The minimum absolute atomic E-state index is 0.524. The normalized spacial score (nSPS) is 21.9. The maximum atomic E-state index is 5.18. The lowest BCUT2D eigenvalue weighted by Crippen LogP contribution is -2.50. The summed E-state index contributed by atoms with van der Waals surface area (Å²) in [6.45, 7) is 9.42. The highest BCUT2D eigenvalue weighted by Gasteiger charge is 2.21. The molecule has 0 saturated carbocycles. The molecule has 0 bridgehead atoms. The molecule has 2 saturated heterocycles. The van der Waals surface area contributed by atoms with Crippen LogP contribution in [0.15, 0.2) is 4.99 Å². The maximum Gasteiger partial charge on any atom is 0.191 e. The van der Waals surface area contributed by atoms with Gasteiger partial charge in [-0.2, -0.15) is 0 Å². The van der Waals surface area contributed by atoms with Crippen LogP contribution in [0.4, 0.5) is 0 Å². The standard InChI is InChI=1S/C19H39N5O2/c1-20-19(22-18-6-10-24(11-7-18)13-15-26-3)21-16-17-4-8-23(9-5-17)12-14-25-2/h17-18H,4-16H2,1-3H3,(H2,20,21,22). The van der Waals surface area contributed by atoms with Crippen molar-refractivity contribution in [1.29, 1.82) is 0 Å². The van der Waals surface area contributed by atoms with Crippen LogP contribution in [0.1, 0.15) is 25.7 Å². The number of aliphatic imine (C=N–C) groups is 1. The van der Waals surface area contributed by atoms with Crippen LogP contribution in [0.25, 0.3) is 0 Å². The van der Waals surface area contributed by atoms with Crippen LogP contribution < -0.4 is 10.6 Å². The van der Waals surface area contributed by atoms with E-state index in [0.717, 1.165) is 57.8 Å². The molecule has 7 nitrogen and oxygen atoms in total. The Bertz CT molecular complexity index is 391. The third-order valence-corrected chi connectivity index (χ3v) is 5.64.